The highest BCUT2D eigenvalue weighted by Crippen LogP contribution is 2.20. The molecule has 1 fully saturated rings. The van der Waals surface area contributed by atoms with Gasteiger partial charge in [-0.05, 0) is 19.3 Å². The van der Waals surface area contributed by atoms with Gasteiger partial charge in [0.1, 0.15) is 6.23 Å². The summed E-state index contributed by atoms with van der Waals surface area (Å²) in [5.41, 5.74) is -1.28. The quantitative estimate of drug-likeness (QED) is 0.612. The normalized spacial score (nSPS) is 17.5. The number of ether oxygens (including phenoxy) is 1. The fourth-order valence-corrected chi connectivity index (χ4v) is 3.18. The summed E-state index contributed by atoms with van der Waals surface area (Å²) >= 11 is 0. The van der Waals surface area contributed by atoms with Gasteiger partial charge in [0.15, 0.2) is 0 Å². The first-order chi connectivity index (χ1) is 11.6. The maximum atomic E-state index is 13.9. The van der Waals surface area contributed by atoms with Crippen molar-refractivity contribution in [3.63, 3.8) is 0 Å². The summed E-state index contributed by atoms with van der Waals surface area (Å²) in [6.45, 7) is 3.03. The fourth-order valence-electron chi connectivity index (χ4n) is 3.18. The Morgan fingerprint density at radius 3 is 2.42 bits per heavy atom. The van der Waals surface area contributed by atoms with E-state index in [4.69, 9.17) is 4.74 Å². The molecule has 136 valence electrons. The third-order valence-electron chi connectivity index (χ3n) is 4.60. The van der Waals surface area contributed by atoms with Gasteiger partial charge in [-0.15, -0.1) is 0 Å². The number of unbranched alkanes of at least 4 members (excludes halogenated alkanes) is 7. The Labute approximate surface area is 142 Å². The minimum atomic E-state index is -0.885. The van der Waals surface area contributed by atoms with E-state index in [9.17, 15) is 14.0 Å². The molecule has 0 spiro atoms. The molecule has 1 aromatic rings. The molecule has 1 atom stereocenters. The fraction of sp³-hybridized carbons (Fsp3) is 0.778. The minimum Gasteiger partial charge on any atom is -0.358 e. The van der Waals surface area contributed by atoms with Crippen molar-refractivity contribution >= 4 is 0 Å². The van der Waals surface area contributed by atoms with E-state index in [2.05, 4.69) is 6.92 Å². The molecule has 1 unspecified atom stereocenters. The van der Waals surface area contributed by atoms with Gasteiger partial charge in [0.25, 0.3) is 5.56 Å². The molecule has 0 aliphatic carbocycles. The van der Waals surface area contributed by atoms with Gasteiger partial charge >= 0.3 is 5.69 Å². The van der Waals surface area contributed by atoms with Crippen molar-refractivity contribution in [1.29, 1.82) is 0 Å². The first-order valence-electron chi connectivity index (χ1n) is 9.28. The van der Waals surface area contributed by atoms with Crippen molar-refractivity contribution in [1.82, 2.24) is 9.13 Å². The predicted molar refractivity (Wildman–Crippen MR) is 91.8 cm³/mol. The maximum absolute atomic E-state index is 13.9. The predicted octanol–water partition coefficient (Wildman–Crippen LogP) is 3.60. The zero-order valence-electron chi connectivity index (χ0n) is 14.6. The van der Waals surface area contributed by atoms with Crippen LogP contribution in [0.2, 0.25) is 0 Å². The van der Waals surface area contributed by atoms with Crippen LogP contribution < -0.4 is 11.2 Å². The van der Waals surface area contributed by atoms with Gasteiger partial charge in [-0.1, -0.05) is 51.9 Å². The lowest BCUT2D eigenvalue weighted by Gasteiger charge is -2.15. The van der Waals surface area contributed by atoms with E-state index in [1.807, 2.05) is 0 Å². The standard InChI is InChI=1S/C18H29FN2O3/c1-2-3-4-5-6-7-8-9-12-20-17(22)15(19)14-21(18(20)23)16-11-10-13-24-16/h14,16H,2-13H2,1H3. The third-order valence-corrected chi connectivity index (χ3v) is 4.60. The molecule has 0 bridgehead atoms. The molecule has 1 aromatic heterocycles. The van der Waals surface area contributed by atoms with Crippen molar-refractivity contribution in [3.05, 3.63) is 32.9 Å². The van der Waals surface area contributed by atoms with Crippen LogP contribution in [0.5, 0.6) is 0 Å². The summed E-state index contributed by atoms with van der Waals surface area (Å²) in [6, 6.07) is 0. The van der Waals surface area contributed by atoms with Crippen LogP contribution in [0, 0.1) is 5.82 Å². The molecule has 0 saturated carbocycles. The van der Waals surface area contributed by atoms with Crippen LogP contribution in [0.15, 0.2) is 15.8 Å². The molecule has 1 saturated heterocycles. The average molecular weight is 340 g/mol. The van der Waals surface area contributed by atoms with Crippen molar-refractivity contribution in [2.75, 3.05) is 6.61 Å². The van der Waals surface area contributed by atoms with Gasteiger partial charge in [0.05, 0.1) is 6.20 Å². The second-order valence-corrected chi connectivity index (χ2v) is 6.57. The van der Waals surface area contributed by atoms with Gasteiger partial charge in [-0.2, -0.15) is 4.39 Å². The van der Waals surface area contributed by atoms with Gasteiger partial charge < -0.3 is 4.74 Å². The molecule has 5 nitrogen and oxygen atoms in total. The lowest BCUT2D eigenvalue weighted by molar-refractivity contribution is 0.0502. The second-order valence-electron chi connectivity index (χ2n) is 6.57. The largest absolute Gasteiger partial charge is 0.358 e. The molecule has 1 aliphatic heterocycles. The van der Waals surface area contributed by atoms with Crippen molar-refractivity contribution in [3.8, 4) is 0 Å². The molecule has 0 N–H and O–H groups in total. The van der Waals surface area contributed by atoms with Crippen LogP contribution in [0.25, 0.3) is 0 Å². The van der Waals surface area contributed by atoms with Crippen molar-refractivity contribution in [2.45, 2.75) is 83.9 Å². The number of hydrogen-bond donors (Lipinski definition) is 0. The van der Waals surface area contributed by atoms with E-state index in [1.54, 1.807) is 0 Å². The van der Waals surface area contributed by atoms with E-state index < -0.39 is 23.3 Å². The second kappa shape index (κ2) is 9.77. The minimum absolute atomic E-state index is 0.275. The highest BCUT2D eigenvalue weighted by atomic mass is 19.1. The number of halogens is 1. The molecule has 0 aromatic carbocycles. The van der Waals surface area contributed by atoms with Crippen LogP contribution in [-0.2, 0) is 11.3 Å². The summed E-state index contributed by atoms with van der Waals surface area (Å²) in [6.07, 6.45) is 11.0. The first kappa shape index (κ1) is 18.9. The molecule has 0 amide bonds. The van der Waals surface area contributed by atoms with Crippen LogP contribution in [0.1, 0.15) is 77.4 Å². The van der Waals surface area contributed by atoms with Crippen LogP contribution in [-0.4, -0.2) is 15.7 Å². The summed E-state index contributed by atoms with van der Waals surface area (Å²) < 4.78 is 21.6. The van der Waals surface area contributed by atoms with E-state index in [1.165, 1.54) is 36.7 Å². The van der Waals surface area contributed by atoms with Crippen molar-refractivity contribution < 1.29 is 9.13 Å². The van der Waals surface area contributed by atoms with E-state index >= 15 is 0 Å². The maximum Gasteiger partial charge on any atom is 0.333 e. The zero-order chi connectivity index (χ0) is 17.4. The Bertz CT molecular complexity index is 618. The molecule has 24 heavy (non-hydrogen) atoms. The van der Waals surface area contributed by atoms with Crippen LogP contribution in [0.4, 0.5) is 4.39 Å². The highest BCUT2D eigenvalue weighted by Gasteiger charge is 2.21. The SMILES string of the molecule is CCCCCCCCCCn1c(=O)c(F)cn(C2CCCO2)c1=O. The number of nitrogens with zero attached hydrogens (tertiary/aromatic N) is 2. The Morgan fingerprint density at radius 1 is 1.12 bits per heavy atom. The van der Waals surface area contributed by atoms with E-state index in [0.29, 0.717) is 13.0 Å². The zero-order valence-corrected chi connectivity index (χ0v) is 14.6. The Kier molecular flexibility index (Phi) is 7.69. The van der Waals surface area contributed by atoms with Gasteiger partial charge in [0.2, 0.25) is 5.82 Å². The third kappa shape index (κ3) is 5.03. The van der Waals surface area contributed by atoms with Crippen LogP contribution in [0.3, 0.4) is 0 Å². The van der Waals surface area contributed by atoms with Crippen LogP contribution >= 0.6 is 0 Å². The van der Waals surface area contributed by atoms with Gasteiger partial charge in [-0.25, -0.2) is 4.79 Å². The van der Waals surface area contributed by atoms with E-state index in [-0.39, 0.29) is 6.54 Å². The summed E-state index contributed by atoms with van der Waals surface area (Å²) in [5, 5.41) is 0. The first-order valence-corrected chi connectivity index (χ1v) is 9.28. The number of rotatable bonds is 10. The monoisotopic (exact) mass is 340 g/mol. The summed E-state index contributed by atoms with van der Waals surface area (Å²) in [4.78, 5) is 24.4. The highest BCUT2D eigenvalue weighted by molar-refractivity contribution is 4.92. The van der Waals surface area contributed by atoms with Gasteiger partial charge in [0, 0.05) is 13.2 Å². The molecule has 2 heterocycles. The number of aromatic nitrogens is 2. The van der Waals surface area contributed by atoms with Crippen molar-refractivity contribution in [2.24, 2.45) is 0 Å². The molecule has 1 aliphatic rings. The number of hydrogen-bond acceptors (Lipinski definition) is 3. The smallest absolute Gasteiger partial charge is 0.333 e. The molecular weight excluding hydrogens is 311 g/mol. The molecular formula is C18H29FN2O3. The topological polar surface area (TPSA) is 53.2 Å². The average Bonchev–Trinajstić information content (AvgIpc) is 3.10. The summed E-state index contributed by atoms with van der Waals surface area (Å²) in [5.74, 6) is -0.885. The van der Waals surface area contributed by atoms with E-state index in [0.717, 1.165) is 36.4 Å². The Hall–Kier alpha value is -1.43. The Balaban J connectivity index is 1.90. The summed E-state index contributed by atoms with van der Waals surface area (Å²) in [7, 11) is 0. The molecule has 6 heteroatoms. The molecule has 0 radical (unpaired) electrons. The van der Waals surface area contributed by atoms with Gasteiger partial charge in [-0.3, -0.25) is 13.9 Å². The Morgan fingerprint density at radius 2 is 1.79 bits per heavy atom. The molecule has 2 rings (SSSR count). The lowest BCUT2D eigenvalue weighted by Crippen LogP contribution is -2.42. The lowest BCUT2D eigenvalue weighted by atomic mass is 10.1.